The van der Waals surface area contributed by atoms with E-state index in [1.54, 1.807) is 0 Å². The summed E-state index contributed by atoms with van der Waals surface area (Å²) in [6, 6.07) is 10.3. The van der Waals surface area contributed by atoms with Gasteiger partial charge >= 0.3 is 0 Å². The number of hydrogen-bond acceptors (Lipinski definition) is 2. The molecule has 1 aromatic carbocycles. The molecule has 2 aromatic rings. The number of rotatable bonds is 3. The third-order valence-electron chi connectivity index (χ3n) is 2.72. The molecule has 0 unspecified atom stereocenters. The molecule has 88 valence electrons. The van der Waals surface area contributed by atoms with Gasteiger partial charge in [-0.05, 0) is 53.0 Å². The molecule has 2 nitrogen and oxygen atoms in total. The maximum Gasteiger partial charge on any atom is 0.0595 e. The van der Waals surface area contributed by atoms with Gasteiger partial charge in [-0.15, -0.1) is 0 Å². The Morgan fingerprint density at radius 1 is 1.12 bits per heavy atom. The number of aromatic nitrogens is 1. The number of para-hydroxylation sites is 1. The van der Waals surface area contributed by atoms with Gasteiger partial charge < -0.3 is 5.32 Å². The number of nitrogens with one attached hydrogen (secondary N) is 1. The summed E-state index contributed by atoms with van der Waals surface area (Å²) in [5, 5.41) is 3.44. The zero-order chi connectivity index (χ0) is 12.3. The van der Waals surface area contributed by atoms with Crippen molar-refractivity contribution < 1.29 is 0 Å². The monoisotopic (exact) mass is 290 g/mol. The molecule has 17 heavy (non-hydrogen) atoms. The van der Waals surface area contributed by atoms with Gasteiger partial charge in [-0.25, -0.2) is 0 Å². The Bertz CT molecular complexity index is 486. The van der Waals surface area contributed by atoms with Crippen LogP contribution in [0, 0.1) is 13.8 Å². The van der Waals surface area contributed by atoms with E-state index >= 15 is 0 Å². The van der Waals surface area contributed by atoms with Gasteiger partial charge in [0.1, 0.15) is 0 Å². The first-order valence-corrected chi connectivity index (χ1v) is 6.36. The van der Waals surface area contributed by atoms with Crippen molar-refractivity contribution in [3.8, 4) is 0 Å². The van der Waals surface area contributed by atoms with Crippen molar-refractivity contribution in [3.05, 3.63) is 57.8 Å². The van der Waals surface area contributed by atoms with Crippen molar-refractivity contribution in [2.24, 2.45) is 0 Å². The Labute approximate surface area is 110 Å². The molecule has 0 fully saturated rings. The second kappa shape index (κ2) is 5.32. The molecule has 0 saturated carbocycles. The van der Waals surface area contributed by atoms with Crippen LogP contribution in [0.5, 0.6) is 0 Å². The van der Waals surface area contributed by atoms with Crippen LogP contribution in [0.3, 0.4) is 0 Å². The van der Waals surface area contributed by atoms with Gasteiger partial charge in [0, 0.05) is 16.4 Å². The maximum atomic E-state index is 4.34. The van der Waals surface area contributed by atoms with Crippen LogP contribution in [0.2, 0.25) is 0 Å². The van der Waals surface area contributed by atoms with E-state index in [1.165, 1.54) is 16.8 Å². The Morgan fingerprint density at radius 2 is 1.82 bits per heavy atom. The van der Waals surface area contributed by atoms with Gasteiger partial charge in [0.2, 0.25) is 0 Å². The molecular formula is C14H15BrN2. The fourth-order valence-corrected chi connectivity index (χ4v) is 2.02. The van der Waals surface area contributed by atoms with Crippen LogP contribution in [0.25, 0.3) is 0 Å². The largest absolute Gasteiger partial charge is 0.379 e. The van der Waals surface area contributed by atoms with Crippen molar-refractivity contribution >= 4 is 21.6 Å². The quantitative estimate of drug-likeness (QED) is 0.922. The SMILES string of the molecule is Cc1cccc(C)c1NCc1ccc(Br)cn1. The van der Waals surface area contributed by atoms with Gasteiger partial charge in [-0.2, -0.15) is 0 Å². The Kier molecular flexibility index (Phi) is 3.79. The second-order valence-electron chi connectivity index (χ2n) is 4.09. The average molecular weight is 291 g/mol. The summed E-state index contributed by atoms with van der Waals surface area (Å²) < 4.78 is 1.01. The van der Waals surface area contributed by atoms with Crippen LogP contribution < -0.4 is 5.32 Å². The highest BCUT2D eigenvalue weighted by molar-refractivity contribution is 9.10. The van der Waals surface area contributed by atoms with E-state index in [4.69, 9.17) is 0 Å². The van der Waals surface area contributed by atoms with E-state index < -0.39 is 0 Å². The molecule has 0 aliphatic carbocycles. The molecule has 1 aromatic heterocycles. The van der Waals surface area contributed by atoms with E-state index in [1.807, 2.05) is 18.3 Å². The number of aryl methyl sites for hydroxylation is 2. The predicted molar refractivity (Wildman–Crippen MR) is 75.2 cm³/mol. The van der Waals surface area contributed by atoms with Gasteiger partial charge in [0.25, 0.3) is 0 Å². The first-order valence-electron chi connectivity index (χ1n) is 5.57. The Hall–Kier alpha value is -1.35. The lowest BCUT2D eigenvalue weighted by atomic mass is 10.1. The summed E-state index contributed by atoms with van der Waals surface area (Å²) in [6.07, 6.45) is 1.82. The topological polar surface area (TPSA) is 24.9 Å². The lowest BCUT2D eigenvalue weighted by Gasteiger charge is -2.12. The van der Waals surface area contributed by atoms with E-state index in [-0.39, 0.29) is 0 Å². The molecule has 0 radical (unpaired) electrons. The first kappa shape index (κ1) is 12.1. The highest BCUT2D eigenvalue weighted by Crippen LogP contribution is 2.20. The molecule has 0 atom stereocenters. The van der Waals surface area contributed by atoms with E-state index in [0.29, 0.717) is 0 Å². The summed E-state index contributed by atoms with van der Waals surface area (Å²) in [5.74, 6) is 0. The van der Waals surface area contributed by atoms with Crippen molar-refractivity contribution in [2.45, 2.75) is 20.4 Å². The smallest absolute Gasteiger partial charge is 0.0595 e. The molecule has 0 saturated heterocycles. The van der Waals surface area contributed by atoms with Crippen LogP contribution in [0.15, 0.2) is 41.0 Å². The van der Waals surface area contributed by atoms with E-state index in [9.17, 15) is 0 Å². The minimum Gasteiger partial charge on any atom is -0.379 e. The highest BCUT2D eigenvalue weighted by atomic mass is 79.9. The normalized spacial score (nSPS) is 10.3. The van der Waals surface area contributed by atoms with E-state index in [0.717, 1.165) is 16.7 Å². The molecule has 1 N–H and O–H groups in total. The third kappa shape index (κ3) is 3.07. The number of nitrogens with zero attached hydrogens (tertiary/aromatic N) is 1. The lowest BCUT2D eigenvalue weighted by molar-refractivity contribution is 1.03. The Balaban J connectivity index is 2.10. The van der Waals surface area contributed by atoms with Crippen molar-refractivity contribution in [1.82, 2.24) is 4.98 Å². The summed E-state index contributed by atoms with van der Waals surface area (Å²) >= 11 is 3.38. The van der Waals surface area contributed by atoms with Crippen LogP contribution in [-0.2, 0) is 6.54 Å². The molecule has 2 rings (SSSR count). The maximum absolute atomic E-state index is 4.34. The minimum atomic E-state index is 0.749. The van der Waals surface area contributed by atoms with Gasteiger partial charge in [-0.3, -0.25) is 4.98 Å². The number of benzene rings is 1. The summed E-state index contributed by atoms with van der Waals surface area (Å²) in [7, 11) is 0. The van der Waals surface area contributed by atoms with Crippen LogP contribution >= 0.6 is 15.9 Å². The zero-order valence-electron chi connectivity index (χ0n) is 10.00. The number of pyridine rings is 1. The average Bonchev–Trinajstić information content (AvgIpc) is 2.31. The zero-order valence-corrected chi connectivity index (χ0v) is 11.6. The minimum absolute atomic E-state index is 0.749. The summed E-state index contributed by atoms with van der Waals surface area (Å²) in [6.45, 7) is 4.98. The third-order valence-corrected chi connectivity index (χ3v) is 3.19. The molecule has 0 amide bonds. The van der Waals surface area contributed by atoms with Gasteiger partial charge in [0.05, 0.1) is 12.2 Å². The molecule has 0 spiro atoms. The van der Waals surface area contributed by atoms with Crippen LogP contribution in [0.1, 0.15) is 16.8 Å². The highest BCUT2D eigenvalue weighted by Gasteiger charge is 2.01. The first-order chi connectivity index (χ1) is 8.16. The molecular weight excluding hydrogens is 276 g/mol. The molecule has 0 aliphatic heterocycles. The molecule has 0 aliphatic rings. The molecule has 3 heteroatoms. The molecule has 1 heterocycles. The summed E-state index contributed by atoms with van der Waals surface area (Å²) in [5.41, 5.74) is 4.78. The molecule has 0 bridgehead atoms. The number of halogens is 1. The number of anilines is 1. The van der Waals surface area contributed by atoms with E-state index in [2.05, 4.69) is 58.3 Å². The van der Waals surface area contributed by atoms with Crippen molar-refractivity contribution in [3.63, 3.8) is 0 Å². The van der Waals surface area contributed by atoms with Gasteiger partial charge in [0.15, 0.2) is 0 Å². The lowest BCUT2D eigenvalue weighted by Crippen LogP contribution is -2.04. The fraction of sp³-hybridized carbons (Fsp3) is 0.214. The van der Waals surface area contributed by atoms with Crippen molar-refractivity contribution in [2.75, 3.05) is 5.32 Å². The van der Waals surface area contributed by atoms with Crippen LogP contribution in [0.4, 0.5) is 5.69 Å². The standard InChI is InChI=1S/C14H15BrN2/c1-10-4-3-5-11(2)14(10)17-9-13-7-6-12(15)8-16-13/h3-8,17H,9H2,1-2H3. The summed E-state index contributed by atoms with van der Waals surface area (Å²) in [4.78, 5) is 4.34. The Morgan fingerprint density at radius 3 is 2.41 bits per heavy atom. The predicted octanol–water partition coefficient (Wildman–Crippen LogP) is 4.07. The second-order valence-corrected chi connectivity index (χ2v) is 5.00. The number of hydrogen-bond donors (Lipinski definition) is 1. The van der Waals surface area contributed by atoms with Crippen molar-refractivity contribution in [1.29, 1.82) is 0 Å². The van der Waals surface area contributed by atoms with Crippen LogP contribution in [-0.4, -0.2) is 4.98 Å². The van der Waals surface area contributed by atoms with Gasteiger partial charge in [-0.1, -0.05) is 18.2 Å². The fourth-order valence-electron chi connectivity index (χ4n) is 1.78.